The number of anilines is 3. The van der Waals surface area contributed by atoms with Crippen molar-refractivity contribution in [3.05, 3.63) is 78.7 Å². The third-order valence-corrected chi connectivity index (χ3v) is 5.55. The van der Waals surface area contributed by atoms with Crippen molar-refractivity contribution in [3.8, 4) is 17.1 Å². The number of methoxy groups -OCH3 is 1. The summed E-state index contributed by atoms with van der Waals surface area (Å²) in [5.41, 5.74) is 3.30. The number of ether oxygens (including phenoxy) is 1. The van der Waals surface area contributed by atoms with Gasteiger partial charge < -0.3 is 29.5 Å². The zero-order chi connectivity index (χ0) is 25.7. The number of benzene rings is 2. The van der Waals surface area contributed by atoms with Gasteiger partial charge in [0, 0.05) is 29.0 Å². The molecule has 2 aromatic heterocycles. The van der Waals surface area contributed by atoms with Gasteiger partial charge in [-0.2, -0.15) is 0 Å². The zero-order valence-electron chi connectivity index (χ0n) is 20.5. The lowest BCUT2D eigenvalue weighted by Gasteiger charge is -2.26. The van der Waals surface area contributed by atoms with E-state index < -0.39 is 17.4 Å². The summed E-state index contributed by atoms with van der Waals surface area (Å²) in [5.74, 6) is 0.320. The van der Waals surface area contributed by atoms with Crippen LogP contribution in [0, 0.1) is 6.92 Å². The van der Waals surface area contributed by atoms with Gasteiger partial charge in [-0.3, -0.25) is 9.59 Å². The predicted molar refractivity (Wildman–Crippen MR) is 136 cm³/mol. The van der Waals surface area contributed by atoms with E-state index in [0.29, 0.717) is 29.2 Å². The molecule has 9 heteroatoms. The maximum absolute atomic E-state index is 12.6. The van der Waals surface area contributed by atoms with E-state index in [-0.39, 0.29) is 0 Å². The van der Waals surface area contributed by atoms with Gasteiger partial charge in [0.15, 0.2) is 12.2 Å². The predicted octanol–water partition coefficient (Wildman–Crippen LogP) is 5.07. The highest BCUT2D eigenvalue weighted by molar-refractivity contribution is 6.39. The standard InChI is InChI=1S/C27H28N4O5/c1-17-22(11-12-35-17)29-19-7-5-18(6-8-19)14-27(2,3)31-26(33)25(32)30-20-9-10-21(23(13-20)34-4)24-15-28-16-36-24/h5-13,15-16,29H,14H2,1-4H3,(H,30,32)(H,31,33). The lowest BCUT2D eigenvalue weighted by atomic mass is 9.94. The van der Waals surface area contributed by atoms with Crippen molar-refractivity contribution in [2.75, 3.05) is 17.7 Å². The van der Waals surface area contributed by atoms with Crippen molar-refractivity contribution in [2.24, 2.45) is 0 Å². The number of nitrogens with zero attached hydrogens (tertiary/aromatic N) is 1. The molecule has 0 radical (unpaired) electrons. The SMILES string of the molecule is COc1cc(NC(=O)C(=O)NC(C)(C)Cc2ccc(Nc3ccoc3C)cc2)ccc1-c1cnco1. The Balaban J connectivity index is 1.34. The van der Waals surface area contributed by atoms with Crippen LogP contribution >= 0.6 is 0 Å². The van der Waals surface area contributed by atoms with Crippen LogP contribution < -0.4 is 20.7 Å². The number of amides is 2. The highest BCUT2D eigenvalue weighted by Gasteiger charge is 2.25. The van der Waals surface area contributed by atoms with Gasteiger partial charge in [-0.15, -0.1) is 0 Å². The van der Waals surface area contributed by atoms with Gasteiger partial charge in [-0.05, 0) is 57.0 Å². The van der Waals surface area contributed by atoms with Crippen molar-refractivity contribution >= 4 is 28.9 Å². The fraction of sp³-hybridized carbons (Fsp3) is 0.222. The Hall–Kier alpha value is -4.53. The van der Waals surface area contributed by atoms with Gasteiger partial charge in [-0.25, -0.2) is 4.98 Å². The van der Waals surface area contributed by atoms with Crippen molar-refractivity contribution < 1.29 is 23.2 Å². The number of hydrogen-bond donors (Lipinski definition) is 3. The summed E-state index contributed by atoms with van der Waals surface area (Å²) in [5, 5.41) is 8.73. The van der Waals surface area contributed by atoms with Crippen molar-refractivity contribution in [2.45, 2.75) is 32.7 Å². The molecule has 3 N–H and O–H groups in total. The third kappa shape index (κ3) is 5.93. The van der Waals surface area contributed by atoms with Crippen LogP contribution in [-0.2, 0) is 16.0 Å². The summed E-state index contributed by atoms with van der Waals surface area (Å²) in [6, 6.07) is 14.8. The Morgan fingerprint density at radius 3 is 2.39 bits per heavy atom. The fourth-order valence-electron chi connectivity index (χ4n) is 3.80. The van der Waals surface area contributed by atoms with Crippen molar-refractivity contribution in [1.29, 1.82) is 0 Å². The number of aryl methyl sites for hydroxylation is 1. The number of carbonyl (C=O) groups excluding carboxylic acids is 2. The number of hydrogen-bond acceptors (Lipinski definition) is 7. The van der Waals surface area contributed by atoms with E-state index in [1.807, 2.05) is 51.1 Å². The van der Waals surface area contributed by atoms with Crippen molar-refractivity contribution in [3.63, 3.8) is 0 Å². The van der Waals surface area contributed by atoms with Crippen LogP contribution in [0.1, 0.15) is 25.2 Å². The summed E-state index contributed by atoms with van der Waals surface area (Å²) >= 11 is 0. The van der Waals surface area contributed by atoms with E-state index in [1.165, 1.54) is 13.5 Å². The summed E-state index contributed by atoms with van der Waals surface area (Å²) in [4.78, 5) is 29.1. The van der Waals surface area contributed by atoms with Gasteiger partial charge in [0.1, 0.15) is 11.5 Å². The molecule has 0 aliphatic rings. The molecule has 0 bridgehead atoms. The molecule has 2 aromatic carbocycles. The highest BCUT2D eigenvalue weighted by Crippen LogP contribution is 2.32. The molecule has 0 saturated heterocycles. The first-order valence-electron chi connectivity index (χ1n) is 11.3. The van der Waals surface area contributed by atoms with E-state index in [0.717, 1.165) is 22.7 Å². The number of nitrogens with one attached hydrogen (secondary N) is 3. The van der Waals surface area contributed by atoms with Crippen LogP contribution in [0.3, 0.4) is 0 Å². The first-order valence-corrected chi connectivity index (χ1v) is 11.3. The summed E-state index contributed by atoms with van der Waals surface area (Å²) in [6.07, 6.45) is 5.06. The molecule has 2 amide bonds. The van der Waals surface area contributed by atoms with Crippen LogP contribution in [0.4, 0.5) is 17.1 Å². The van der Waals surface area contributed by atoms with Crippen LogP contribution in [-0.4, -0.2) is 29.4 Å². The number of carbonyl (C=O) groups is 2. The second-order valence-corrected chi connectivity index (χ2v) is 8.96. The van der Waals surface area contributed by atoms with E-state index in [2.05, 4.69) is 20.9 Å². The molecular weight excluding hydrogens is 460 g/mol. The average Bonchev–Trinajstić information content (AvgIpc) is 3.52. The van der Waals surface area contributed by atoms with Crippen LogP contribution in [0.15, 0.2) is 76.2 Å². The molecule has 0 aliphatic carbocycles. The average molecular weight is 489 g/mol. The molecule has 9 nitrogen and oxygen atoms in total. The fourth-order valence-corrected chi connectivity index (χ4v) is 3.80. The lowest BCUT2D eigenvalue weighted by molar-refractivity contribution is -0.137. The molecule has 0 aliphatic heterocycles. The smallest absolute Gasteiger partial charge is 0.313 e. The molecule has 4 aromatic rings. The first kappa shape index (κ1) is 24.6. The van der Waals surface area contributed by atoms with Gasteiger partial charge in [0.25, 0.3) is 0 Å². The minimum absolute atomic E-state index is 0.420. The van der Waals surface area contributed by atoms with Gasteiger partial charge >= 0.3 is 11.8 Å². The van der Waals surface area contributed by atoms with Gasteiger partial charge in [-0.1, -0.05) is 12.1 Å². The van der Waals surface area contributed by atoms with E-state index in [9.17, 15) is 9.59 Å². The summed E-state index contributed by atoms with van der Waals surface area (Å²) < 4.78 is 16.0. The number of furan rings is 1. The number of oxazole rings is 1. The quantitative estimate of drug-likeness (QED) is 0.296. The van der Waals surface area contributed by atoms with Crippen LogP contribution in [0.25, 0.3) is 11.3 Å². The largest absolute Gasteiger partial charge is 0.496 e. The van der Waals surface area contributed by atoms with E-state index in [4.69, 9.17) is 13.6 Å². The highest BCUT2D eigenvalue weighted by atomic mass is 16.5. The zero-order valence-corrected chi connectivity index (χ0v) is 20.5. The molecule has 0 saturated carbocycles. The minimum atomic E-state index is -0.771. The molecule has 0 atom stereocenters. The minimum Gasteiger partial charge on any atom is -0.496 e. The van der Waals surface area contributed by atoms with E-state index >= 15 is 0 Å². The maximum atomic E-state index is 12.6. The van der Waals surface area contributed by atoms with Gasteiger partial charge in [0.05, 0.1) is 30.8 Å². The Labute approximate surface area is 208 Å². The monoisotopic (exact) mass is 488 g/mol. The number of aromatic nitrogens is 1. The normalized spacial score (nSPS) is 11.1. The summed E-state index contributed by atoms with van der Waals surface area (Å²) in [7, 11) is 1.51. The molecule has 2 heterocycles. The Morgan fingerprint density at radius 1 is 1.00 bits per heavy atom. The lowest BCUT2D eigenvalue weighted by Crippen LogP contribution is -2.49. The first-order chi connectivity index (χ1) is 17.2. The molecule has 36 heavy (non-hydrogen) atoms. The molecule has 0 unspecified atom stereocenters. The summed E-state index contributed by atoms with van der Waals surface area (Å²) in [6.45, 7) is 5.63. The van der Waals surface area contributed by atoms with E-state index in [1.54, 1.807) is 30.7 Å². The maximum Gasteiger partial charge on any atom is 0.313 e. The second kappa shape index (κ2) is 10.4. The molecule has 0 fully saturated rings. The van der Waals surface area contributed by atoms with Crippen molar-refractivity contribution in [1.82, 2.24) is 10.3 Å². The third-order valence-electron chi connectivity index (χ3n) is 5.55. The number of rotatable bonds is 8. The molecule has 4 rings (SSSR count). The second-order valence-electron chi connectivity index (χ2n) is 8.96. The van der Waals surface area contributed by atoms with Crippen LogP contribution in [0.5, 0.6) is 5.75 Å². The Bertz CT molecular complexity index is 1340. The van der Waals surface area contributed by atoms with Crippen LogP contribution in [0.2, 0.25) is 0 Å². The Morgan fingerprint density at radius 2 is 1.75 bits per heavy atom. The van der Waals surface area contributed by atoms with Gasteiger partial charge in [0.2, 0.25) is 0 Å². The molecular formula is C27H28N4O5. The Kier molecular flexibility index (Phi) is 7.10. The topological polar surface area (TPSA) is 119 Å². The molecule has 186 valence electrons. The molecule has 0 spiro atoms.